The molecule has 0 saturated carbocycles. The van der Waals surface area contributed by atoms with Crippen molar-refractivity contribution in [1.29, 1.82) is 0 Å². The molecule has 0 atom stereocenters. The molecule has 3 aromatic rings. The molecule has 1 amide bonds. The highest BCUT2D eigenvalue weighted by Gasteiger charge is 2.21. The number of amides is 1. The lowest BCUT2D eigenvalue weighted by molar-refractivity contribution is -0.117. The average Bonchev–Trinajstić information content (AvgIpc) is 3.41. The molecule has 31 heavy (non-hydrogen) atoms. The number of imidazole rings is 1. The van der Waals surface area contributed by atoms with Crippen molar-refractivity contribution in [3.05, 3.63) is 59.9 Å². The molecule has 1 aliphatic rings. The van der Waals surface area contributed by atoms with E-state index in [1.807, 2.05) is 35.2 Å². The lowest BCUT2D eigenvalue weighted by Crippen LogP contribution is -2.37. The zero-order valence-electron chi connectivity index (χ0n) is 18.0. The molecule has 0 spiro atoms. The maximum Gasteiger partial charge on any atom is 0.227 e. The second-order valence-electron chi connectivity index (χ2n) is 7.74. The van der Waals surface area contributed by atoms with Crippen molar-refractivity contribution in [2.24, 2.45) is 4.99 Å². The van der Waals surface area contributed by atoms with Gasteiger partial charge in [0, 0.05) is 38.2 Å². The van der Waals surface area contributed by atoms with Crippen molar-refractivity contribution >= 4 is 28.6 Å². The van der Waals surface area contributed by atoms with Gasteiger partial charge in [0.2, 0.25) is 5.91 Å². The smallest absolute Gasteiger partial charge is 0.227 e. The highest BCUT2D eigenvalue weighted by molar-refractivity contribution is 5.95. The van der Waals surface area contributed by atoms with Gasteiger partial charge in [-0.2, -0.15) is 0 Å². The minimum atomic E-state index is 0.215. The van der Waals surface area contributed by atoms with Gasteiger partial charge in [-0.3, -0.25) is 4.79 Å². The van der Waals surface area contributed by atoms with Crippen LogP contribution in [-0.2, 0) is 17.8 Å². The molecule has 7 nitrogen and oxygen atoms in total. The number of aromatic nitrogens is 2. The lowest BCUT2D eigenvalue weighted by atomic mass is 10.2. The molecule has 1 aliphatic heterocycles. The average molecular weight is 419 g/mol. The van der Waals surface area contributed by atoms with Crippen LogP contribution in [-0.4, -0.2) is 41.5 Å². The quantitative estimate of drug-likeness (QED) is 0.297. The van der Waals surface area contributed by atoms with Crippen LogP contribution >= 0.6 is 0 Å². The van der Waals surface area contributed by atoms with Crippen molar-refractivity contribution in [2.75, 3.05) is 24.5 Å². The molecule has 2 aromatic carbocycles. The molecule has 4 rings (SSSR count). The van der Waals surface area contributed by atoms with E-state index in [-0.39, 0.29) is 5.91 Å². The second kappa shape index (κ2) is 10.1. The summed E-state index contributed by atoms with van der Waals surface area (Å²) in [6, 6.07) is 16.2. The van der Waals surface area contributed by atoms with Gasteiger partial charge >= 0.3 is 0 Å². The number of aryl methyl sites for hydroxylation is 1. The van der Waals surface area contributed by atoms with Crippen LogP contribution in [0.15, 0.2) is 53.5 Å². The Kier molecular flexibility index (Phi) is 6.82. The van der Waals surface area contributed by atoms with E-state index in [1.165, 1.54) is 0 Å². The van der Waals surface area contributed by atoms with E-state index in [0.717, 1.165) is 73.0 Å². The lowest BCUT2D eigenvalue weighted by Gasteiger charge is -2.16. The first-order valence-corrected chi connectivity index (χ1v) is 11.1. The molecule has 1 fully saturated rings. The topological polar surface area (TPSA) is 85.4 Å². The van der Waals surface area contributed by atoms with Crippen molar-refractivity contribution in [3.63, 3.8) is 0 Å². The van der Waals surface area contributed by atoms with Gasteiger partial charge in [0.05, 0.1) is 17.6 Å². The molecule has 162 valence electrons. The molecule has 0 radical (unpaired) electrons. The summed E-state index contributed by atoms with van der Waals surface area (Å²) in [5.74, 6) is 2.04. The van der Waals surface area contributed by atoms with E-state index in [0.29, 0.717) is 13.0 Å². The van der Waals surface area contributed by atoms with Crippen molar-refractivity contribution in [1.82, 2.24) is 20.6 Å². The van der Waals surface area contributed by atoms with E-state index in [9.17, 15) is 4.79 Å². The monoisotopic (exact) mass is 418 g/mol. The van der Waals surface area contributed by atoms with Gasteiger partial charge in [-0.1, -0.05) is 24.3 Å². The van der Waals surface area contributed by atoms with E-state index < -0.39 is 0 Å². The van der Waals surface area contributed by atoms with E-state index in [4.69, 9.17) is 4.99 Å². The summed E-state index contributed by atoms with van der Waals surface area (Å²) < 4.78 is 0. The zero-order valence-corrected chi connectivity index (χ0v) is 18.0. The predicted molar refractivity (Wildman–Crippen MR) is 125 cm³/mol. The Hall–Kier alpha value is -3.35. The number of carbonyl (C=O) groups excluding carboxylic acids is 1. The van der Waals surface area contributed by atoms with Gasteiger partial charge in [-0.15, -0.1) is 0 Å². The number of aliphatic imine (C=N–C) groups is 1. The minimum Gasteiger partial charge on any atom is -0.357 e. The standard InChI is InChI=1S/C24H30N6O/c1-2-25-24(26-15-5-9-22-28-20-7-3-4-8-21(20)29-22)27-17-18-11-13-19(14-12-18)30-16-6-10-23(30)31/h3-4,7-8,11-14H,2,5-6,9-10,15-17H2,1H3,(H,28,29)(H2,25,26,27). The van der Waals surface area contributed by atoms with Crippen LogP contribution in [0.2, 0.25) is 0 Å². The van der Waals surface area contributed by atoms with Crippen LogP contribution < -0.4 is 15.5 Å². The number of fused-ring (bicyclic) bond motifs is 1. The van der Waals surface area contributed by atoms with Crippen molar-refractivity contribution in [2.45, 2.75) is 39.2 Å². The number of guanidine groups is 1. The van der Waals surface area contributed by atoms with Crippen LogP contribution in [0.1, 0.15) is 37.6 Å². The Morgan fingerprint density at radius 2 is 2.00 bits per heavy atom. The summed E-state index contributed by atoms with van der Waals surface area (Å²) in [4.78, 5) is 26.4. The highest BCUT2D eigenvalue weighted by Crippen LogP contribution is 2.21. The number of H-pyrrole nitrogens is 1. The maximum atomic E-state index is 11.9. The summed E-state index contributed by atoms with van der Waals surface area (Å²) in [7, 11) is 0. The Bertz CT molecular complexity index is 1010. The summed E-state index contributed by atoms with van der Waals surface area (Å²) >= 11 is 0. The van der Waals surface area contributed by atoms with E-state index in [2.05, 4.69) is 45.7 Å². The summed E-state index contributed by atoms with van der Waals surface area (Å²) in [5.41, 5.74) is 4.20. The number of nitrogens with one attached hydrogen (secondary N) is 3. The fourth-order valence-corrected chi connectivity index (χ4v) is 3.80. The van der Waals surface area contributed by atoms with E-state index >= 15 is 0 Å². The summed E-state index contributed by atoms with van der Waals surface area (Å²) in [6.45, 7) is 5.10. The normalized spacial score (nSPS) is 14.4. The SMILES string of the molecule is CCNC(=NCc1ccc(N2CCCC2=O)cc1)NCCCc1nc2ccccc2[nH]1. The molecular formula is C24H30N6O. The van der Waals surface area contributed by atoms with Gasteiger partial charge < -0.3 is 20.5 Å². The second-order valence-corrected chi connectivity index (χ2v) is 7.74. The van der Waals surface area contributed by atoms with Crippen LogP contribution in [0.4, 0.5) is 5.69 Å². The first kappa shape index (κ1) is 20.9. The first-order chi connectivity index (χ1) is 15.2. The number of carbonyl (C=O) groups is 1. The Morgan fingerprint density at radius 3 is 2.74 bits per heavy atom. The Balaban J connectivity index is 1.27. The molecule has 2 heterocycles. The van der Waals surface area contributed by atoms with E-state index in [1.54, 1.807) is 0 Å². The number of hydrogen-bond donors (Lipinski definition) is 3. The molecule has 0 bridgehead atoms. The van der Waals surface area contributed by atoms with Gasteiger partial charge in [0.1, 0.15) is 5.82 Å². The number of nitrogens with zero attached hydrogens (tertiary/aromatic N) is 3. The van der Waals surface area contributed by atoms with Crippen LogP contribution in [0.25, 0.3) is 11.0 Å². The number of hydrogen-bond acceptors (Lipinski definition) is 3. The van der Waals surface area contributed by atoms with Gasteiger partial charge in [0.25, 0.3) is 0 Å². The van der Waals surface area contributed by atoms with Gasteiger partial charge in [-0.25, -0.2) is 9.98 Å². The molecule has 1 saturated heterocycles. The largest absolute Gasteiger partial charge is 0.357 e. The molecule has 0 aliphatic carbocycles. The third-order valence-electron chi connectivity index (χ3n) is 5.41. The molecule has 7 heteroatoms. The number of anilines is 1. The van der Waals surface area contributed by atoms with Crippen molar-refractivity contribution in [3.8, 4) is 0 Å². The first-order valence-electron chi connectivity index (χ1n) is 11.1. The fourth-order valence-electron chi connectivity index (χ4n) is 3.80. The van der Waals surface area contributed by atoms with Gasteiger partial charge in [-0.05, 0) is 49.6 Å². The van der Waals surface area contributed by atoms with Crippen LogP contribution in [0, 0.1) is 0 Å². The Labute approximate surface area is 183 Å². The van der Waals surface area contributed by atoms with Crippen molar-refractivity contribution < 1.29 is 4.79 Å². The van der Waals surface area contributed by atoms with Crippen LogP contribution in [0.3, 0.4) is 0 Å². The third kappa shape index (κ3) is 5.42. The minimum absolute atomic E-state index is 0.215. The fraction of sp³-hybridized carbons (Fsp3) is 0.375. The highest BCUT2D eigenvalue weighted by atomic mass is 16.2. The number of benzene rings is 2. The molecule has 1 aromatic heterocycles. The zero-order chi connectivity index (χ0) is 21.5. The summed E-state index contributed by atoms with van der Waals surface area (Å²) in [5, 5.41) is 6.70. The third-order valence-corrected chi connectivity index (χ3v) is 5.41. The summed E-state index contributed by atoms with van der Waals surface area (Å²) in [6.07, 6.45) is 3.44. The van der Waals surface area contributed by atoms with Gasteiger partial charge in [0.15, 0.2) is 5.96 Å². The van der Waals surface area contributed by atoms with Crippen LogP contribution in [0.5, 0.6) is 0 Å². The Morgan fingerprint density at radius 1 is 1.16 bits per heavy atom. The molecule has 3 N–H and O–H groups in total. The number of rotatable bonds is 8. The maximum absolute atomic E-state index is 11.9. The molecular weight excluding hydrogens is 388 g/mol. The predicted octanol–water partition coefficient (Wildman–Crippen LogP) is 3.38. The number of aromatic amines is 1. The molecule has 0 unspecified atom stereocenters. The number of para-hydroxylation sites is 2.